The van der Waals surface area contributed by atoms with Gasteiger partial charge < -0.3 is 15.7 Å². The van der Waals surface area contributed by atoms with Crippen LogP contribution in [0.1, 0.15) is 49.7 Å². The van der Waals surface area contributed by atoms with Crippen LogP contribution in [0.3, 0.4) is 0 Å². The Hall–Kier alpha value is -2.08. The molecule has 0 aromatic heterocycles. The summed E-state index contributed by atoms with van der Waals surface area (Å²) in [7, 11) is 0. The maximum absolute atomic E-state index is 12.3. The van der Waals surface area contributed by atoms with E-state index in [1.165, 1.54) is 36.8 Å². The molecule has 0 heterocycles. The van der Waals surface area contributed by atoms with E-state index in [9.17, 15) is 9.59 Å². The van der Waals surface area contributed by atoms with Crippen molar-refractivity contribution in [3.63, 3.8) is 0 Å². The molecule has 1 aromatic rings. The van der Waals surface area contributed by atoms with Crippen molar-refractivity contribution in [2.75, 3.05) is 18.4 Å². The molecule has 4 rings (SSSR count). The smallest absolute Gasteiger partial charge is 0.319 e. The van der Waals surface area contributed by atoms with Gasteiger partial charge in [0.2, 0.25) is 0 Å². The third-order valence-electron chi connectivity index (χ3n) is 6.10. The number of carbonyl (C=O) groups excluding carboxylic acids is 1. The lowest BCUT2D eigenvalue weighted by Gasteiger charge is -2.42. The lowest BCUT2D eigenvalue weighted by molar-refractivity contribution is -0.139. The van der Waals surface area contributed by atoms with Crippen LogP contribution in [0.25, 0.3) is 0 Å². The van der Waals surface area contributed by atoms with Gasteiger partial charge >= 0.3 is 12.0 Å². The number of benzene rings is 1. The maximum Gasteiger partial charge on any atom is 0.319 e. The fraction of sp³-hybridized carbons (Fsp3) is 0.619. The molecule has 0 saturated heterocycles. The van der Waals surface area contributed by atoms with Crippen LogP contribution in [0.15, 0.2) is 18.2 Å². The monoisotopic (exact) mass is 371 g/mol. The van der Waals surface area contributed by atoms with Crippen molar-refractivity contribution in [3.8, 4) is 0 Å². The molecule has 3 aliphatic carbocycles. The van der Waals surface area contributed by atoms with Gasteiger partial charge in [0.25, 0.3) is 0 Å². The van der Waals surface area contributed by atoms with Gasteiger partial charge in [-0.25, -0.2) is 4.79 Å². The molecular formula is C21H29N3O3. The summed E-state index contributed by atoms with van der Waals surface area (Å²) in [5.74, 6) is -0.0964. The Kier molecular flexibility index (Phi) is 5.34. The summed E-state index contributed by atoms with van der Waals surface area (Å²) in [6.07, 6.45) is 8.80. The average Bonchev–Trinajstić information content (AvgIpc) is 3.41. The Morgan fingerprint density at radius 1 is 1.11 bits per heavy atom. The molecule has 3 N–H and O–H groups in total. The van der Waals surface area contributed by atoms with Crippen molar-refractivity contribution in [3.05, 3.63) is 29.3 Å². The highest BCUT2D eigenvalue weighted by Crippen LogP contribution is 2.33. The standard InChI is InChI=1S/C21H29N3O3/c25-20(26)13-24(12-14-5-6-14)19-10-18(11-19)23-21(27)22-17-8-7-15-3-1-2-4-16(15)9-17/h7-9,14,18-19H,1-6,10-13H2,(H,25,26)(H2,22,23,27). The van der Waals surface area contributed by atoms with Crippen molar-refractivity contribution in [2.45, 2.75) is 63.5 Å². The van der Waals surface area contributed by atoms with Crippen LogP contribution in [-0.4, -0.2) is 47.2 Å². The molecular weight excluding hydrogens is 342 g/mol. The number of urea groups is 1. The quantitative estimate of drug-likeness (QED) is 0.688. The van der Waals surface area contributed by atoms with E-state index in [1.807, 2.05) is 6.07 Å². The molecule has 6 nitrogen and oxygen atoms in total. The van der Waals surface area contributed by atoms with Gasteiger partial charge in [-0.15, -0.1) is 0 Å². The highest BCUT2D eigenvalue weighted by atomic mass is 16.4. The Bertz CT molecular complexity index is 711. The van der Waals surface area contributed by atoms with Gasteiger partial charge in [-0.3, -0.25) is 9.69 Å². The molecule has 2 fully saturated rings. The van der Waals surface area contributed by atoms with Crippen LogP contribution in [0.5, 0.6) is 0 Å². The molecule has 27 heavy (non-hydrogen) atoms. The van der Waals surface area contributed by atoms with Gasteiger partial charge in [0.1, 0.15) is 0 Å². The van der Waals surface area contributed by atoms with Gasteiger partial charge in [0.15, 0.2) is 0 Å². The highest BCUT2D eigenvalue weighted by molar-refractivity contribution is 5.89. The topological polar surface area (TPSA) is 81.7 Å². The number of hydrogen-bond donors (Lipinski definition) is 3. The largest absolute Gasteiger partial charge is 0.480 e. The number of carboxylic acids is 1. The van der Waals surface area contributed by atoms with E-state index in [1.54, 1.807) is 0 Å². The maximum atomic E-state index is 12.3. The van der Waals surface area contributed by atoms with Gasteiger partial charge in [0, 0.05) is 24.3 Å². The number of carboxylic acid groups (broad SMARTS) is 1. The molecule has 0 bridgehead atoms. The van der Waals surface area contributed by atoms with Crippen molar-refractivity contribution < 1.29 is 14.7 Å². The number of anilines is 1. The predicted octanol–water partition coefficient (Wildman–Crippen LogP) is 3.01. The van der Waals surface area contributed by atoms with Gasteiger partial charge in [0.05, 0.1) is 6.54 Å². The number of nitrogens with one attached hydrogen (secondary N) is 2. The number of nitrogens with zero attached hydrogens (tertiary/aromatic N) is 1. The van der Waals surface area contributed by atoms with Crippen LogP contribution in [0, 0.1) is 5.92 Å². The minimum absolute atomic E-state index is 0.106. The minimum atomic E-state index is -0.766. The molecule has 3 aliphatic rings. The van der Waals surface area contributed by atoms with E-state index in [2.05, 4.69) is 27.7 Å². The zero-order chi connectivity index (χ0) is 18.8. The summed E-state index contributed by atoms with van der Waals surface area (Å²) in [5, 5.41) is 15.1. The summed E-state index contributed by atoms with van der Waals surface area (Å²) in [5.41, 5.74) is 3.61. The number of carbonyl (C=O) groups is 2. The summed E-state index contributed by atoms with van der Waals surface area (Å²) in [4.78, 5) is 25.5. The van der Waals surface area contributed by atoms with E-state index in [0.29, 0.717) is 5.92 Å². The van der Waals surface area contributed by atoms with Crippen LogP contribution < -0.4 is 10.6 Å². The van der Waals surface area contributed by atoms with Gasteiger partial charge in [-0.05, 0) is 80.5 Å². The number of amides is 2. The lowest BCUT2D eigenvalue weighted by Crippen LogP contribution is -2.55. The van der Waals surface area contributed by atoms with Crippen LogP contribution in [0.4, 0.5) is 10.5 Å². The predicted molar refractivity (Wildman–Crippen MR) is 104 cm³/mol. The molecule has 1 aromatic carbocycles. The zero-order valence-corrected chi connectivity index (χ0v) is 15.7. The van der Waals surface area contributed by atoms with E-state index >= 15 is 0 Å². The number of fused-ring (bicyclic) bond motifs is 1. The zero-order valence-electron chi connectivity index (χ0n) is 15.7. The summed E-state index contributed by atoms with van der Waals surface area (Å²) >= 11 is 0. The third kappa shape index (κ3) is 4.80. The normalized spacial score (nSPS) is 24.0. The van der Waals surface area contributed by atoms with Crippen molar-refractivity contribution in [2.24, 2.45) is 5.92 Å². The number of aryl methyl sites for hydroxylation is 2. The van der Waals surface area contributed by atoms with E-state index in [-0.39, 0.29) is 24.7 Å². The average molecular weight is 371 g/mol. The van der Waals surface area contributed by atoms with Crippen LogP contribution in [0.2, 0.25) is 0 Å². The Morgan fingerprint density at radius 2 is 1.85 bits per heavy atom. The van der Waals surface area contributed by atoms with Gasteiger partial charge in [-0.1, -0.05) is 6.07 Å². The molecule has 0 aliphatic heterocycles. The lowest BCUT2D eigenvalue weighted by atomic mass is 9.85. The summed E-state index contributed by atoms with van der Waals surface area (Å²) in [6, 6.07) is 6.45. The second-order valence-corrected chi connectivity index (χ2v) is 8.38. The highest BCUT2D eigenvalue weighted by Gasteiger charge is 2.37. The fourth-order valence-electron chi connectivity index (χ4n) is 4.32. The van der Waals surface area contributed by atoms with Gasteiger partial charge in [-0.2, -0.15) is 0 Å². The summed E-state index contributed by atoms with van der Waals surface area (Å²) in [6.45, 7) is 0.986. The Labute approximate surface area is 160 Å². The Morgan fingerprint density at radius 3 is 2.56 bits per heavy atom. The first-order chi connectivity index (χ1) is 13.1. The number of aliphatic carboxylic acids is 1. The van der Waals surface area contributed by atoms with Crippen molar-refractivity contribution in [1.29, 1.82) is 0 Å². The molecule has 6 heteroatoms. The molecule has 0 atom stereocenters. The molecule has 146 valence electrons. The fourth-order valence-corrected chi connectivity index (χ4v) is 4.32. The molecule has 2 saturated carbocycles. The van der Waals surface area contributed by atoms with Crippen molar-refractivity contribution in [1.82, 2.24) is 10.2 Å². The first-order valence-electron chi connectivity index (χ1n) is 10.2. The second-order valence-electron chi connectivity index (χ2n) is 8.38. The molecule has 0 unspecified atom stereocenters. The molecule has 0 radical (unpaired) electrons. The molecule has 2 amide bonds. The van der Waals surface area contributed by atoms with Crippen LogP contribution in [-0.2, 0) is 17.6 Å². The van der Waals surface area contributed by atoms with E-state index in [4.69, 9.17) is 5.11 Å². The Balaban J connectivity index is 1.24. The second kappa shape index (κ2) is 7.89. The third-order valence-corrected chi connectivity index (χ3v) is 6.10. The molecule has 0 spiro atoms. The SMILES string of the molecule is O=C(O)CN(CC1CC1)C1CC(NC(=O)Nc2ccc3c(c2)CCCC3)C1. The first kappa shape index (κ1) is 18.3. The first-order valence-corrected chi connectivity index (χ1v) is 10.2. The minimum Gasteiger partial charge on any atom is -0.480 e. The van der Waals surface area contributed by atoms with E-state index < -0.39 is 5.97 Å². The number of hydrogen-bond acceptors (Lipinski definition) is 3. The van der Waals surface area contributed by atoms with Crippen molar-refractivity contribution >= 4 is 17.7 Å². The summed E-state index contributed by atoms with van der Waals surface area (Å²) < 4.78 is 0. The van der Waals surface area contributed by atoms with Crippen LogP contribution >= 0.6 is 0 Å². The van der Waals surface area contributed by atoms with E-state index in [0.717, 1.165) is 37.9 Å². The number of rotatable bonds is 7.